The third-order valence-corrected chi connectivity index (χ3v) is 5.52. The number of halogens is 1. The van der Waals surface area contributed by atoms with Crippen LogP contribution < -0.4 is 17.0 Å². The first-order valence-corrected chi connectivity index (χ1v) is 10.0. The van der Waals surface area contributed by atoms with Crippen molar-refractivity contribution in [2.24, 2.45) is 0 Å². The Morgan fingerprint density at radius 2 is 1.67 bits per heavy atom. The van der Waals surface area contributed by atoms with Gasteiger partial charge in [-0.15, -0.1) is 3.97 Å². The number of rotatable bonds is 12. The lowest BCUT2D eigenvalue weighted by Crippen LogP contribution is -3.00. The number of imidazole rings is 1. The largest absolute Gasteiger partial charge is 1.00 e. The first kappa shape index (κ1) is 23.1. The van der Waals surface area contributed by atoms with Gasteiger partial charge in [0.25, 0.3) is 6.33 Å². The van der Waals surface area contributed by atoms with Gasteiger partial charge in [-0.2, -0.15) is 12.7 Å². The Bertz CT molecular complexity index is 568. The van der Waals surface area contributed by atoms with Gasteiger partial charge < -0.3 is 12.4 Å². The summed E-state index contributed by atoms with van der Waals surface area (Å²) in [5.74, 6) is 0. The summed E-state index contributed by atoms with van der Waals surface area (Å²) in [6.07, 6.45) is 19.6. The third-order valence-electron chi connectivity index (χ3n) is 3.85. The van der Waals surface area contributed by atoms with E-state index in [1.807, 2.05) is 4.57 Å². The van der Waals surface area contributed by atoms with Gasteiger partial charge in [0.05, 0.1) is 0 Å². The van der Waals surface area contributed by atoms with E-state index in [-0.39, 0.29) is 12.4 Å². The normalized spacial score (nSPS) is 12.0. The Morgan fingerprint density at radius 3 is 2.29 bits per heavy atom. The van der Waals surface area contributed by atoms with Gasteiger partial charge in [0, 0.05) is 14.1 Å². The van der Waals surface area contributed by atoms with Crippen LogP contribution in [0.15, 0.2) is 30.9 Å². The highest BCUT2D eigenvalue weighted by molar-refractivity contribution is 7.87. The molecule has 0 saturated heterocycles. The molecule has 0 N–H and O–H groups in total. The summed E-state index contributed by atoms with van der Waals surface area (Å²) < 4.78 is 28.2. The Labute approximate surface area is 154 Å². The number of hydrogen-bond acceptors (Lipinski definition) is 2. The standard InChI is InChI=1S/C17H32N3O2S.ClH/c1-4-5-6-7-8-9-10-11-12-13-14-19-15-16-20(17-19)23(21,22)18(2)3;/h12-13,15-17H,4-11,14H2,1-3H3;1H/q+1;/p-1. The number of unbranched alkanes of at least 4 members (excludes halogenated alkanes) is 7. The minimum Gasteiger partial charge on any atom is -1.00 e. The fourth-order valence-electron chi connectivity index (χ4n) is 2.34. The van der Waals surface area contributed by atoms with Crippen LogP contribution in [0.2, 0.25) is 0 Å². The first-order valence-electron chi connectivity index (χ1n) is 8.63. The van der Waals surface area contributed by atoms with Crippen molar-refractivity contribution in [1.29, 1.82) is 0 Å². The van der Waals surface area contributed by atoms with E-state index in [0.717, 1.165) is 6.42 Å². The molecule has 0 radical (unpaired) electrons. The molecule has 5 nitrogen and oxygen atoms in total. The second kappa shape index (κ2) is 12.5. The van der Waals surface area contributed by atoms with Gasteiger partial charge in [0.2, 0.25) is 0 Å². The molecule has 0 fully saturated rings. The highest BCUT2D eigenvalue weighted by Crippen LogP contribution is 2.08. The first-order chi connectivity index (χ1) is 11.0. The fraction of sp³-hybridized carbons (Fsp3) is 0.706. The maximum Gasteiger partial charge on any atom is 0.379 e. The zero-order valence-corrected chi connectivity index (χ0v) is 16.8. The van der Waals surface area contributed by atoms with Crippen molar-refractivity contribution >= 4 is 10.2 Å². The van der Waals surface area contributed by atoms with Crippen LogP contribution in [-0.4, -0.2) is 30.8 Å². The van der Waals surface area contributed by atoms with Crippen molar-refractivity contribution in [3.63, 3.8) is 0 Å². The van der Waals surface area contributed by atoms with Crippen LogP contribution in [0.1, 0.15) is 58.3 Å². The quantitative estimate of drug-likeness (QED) is 0.295. The van der Waals surface area contributed by atoms with E-state index in [0.29, 0.717) is 6.54 Å². The second-order valence-electron chi connectivity index (χ2n) is 6.11. The van der Waals surface area contributed by atoms with Crippen molar-refractivity contribution in [1.82, 2.24) is 8.28 Å². The zero-order chi connectivity index (χ0) is 17.1. The predicted molar refractivity (Wildman–Crippen MR) is 94.4 cm³/mol. The topological polar surface area (TPSA) is 46.2 Å². The van der Waals surface area contributed by atoms with E-state index in [4.69, 9.17) is 0 Å². The molecule has 140 valence electrons. The smallest absolute Gasteiger partial charge is 0.379 e. The minimum atomic E-state index is -3.40. The summed E-state index contributed by atoms with van der Waals surface area (Å²) in [5, 5.41) is 0. The molecule has 1 rings (SSSR count). The maximum absolute atomic E-state index is 11.9. The number of allylic oxidation sites excluding steroid dienone is 2. The Balaban J connectivity index is 0.00000529. The summed E-state index contributed by atoms with van der Waals surface area (Å²) in [4.78, 5) is 0. The van der Waals surface area contributed by atoms with E-state index in [1.54, 1.807) is 18.7 Å². The Kier molecular flexibility index (Phi) is 12.1. The van der Waals surface area contributed by atoms with E-state index in [2.05, 4.69) is 19.1 Å². The number of hydrogen-bond donors (Lipinski definition) is 0. The van der Waals surface area contributed by atoms with Crippen molar-refractivity contribution in [3.05, 3.63) is 30.9 Å². The molecule has 0 atom stereocenters. The lowest BCUT2D eigenvalue weighted by Gasteiger charge is -2.05. The van der Waals surface area contributed by atoms with Crippen LogP contribution in [0.3, 0.4) is 0 Å². The van der Waals surface area contributed by atoms with E-state index in [9.17, 15) is 8.42 Å². The molecule has 0 saturated carbocycles. The predicted octanol–water partition coefficient (Wildman–Crippen LogP) is 0.131. The van der Waals surface area contributed by atoms with Gasteiger partial charge in [-0.25, -0.2) is 4.57 Å². The molecule has 1 heterocycles. The van der Waals surface area contributed by atoms with Gasteiger partial charge in [-0.3, -0.25) is 0 Å². The Morgan fingerprint density at radius 1 is 1.04 bits per heavy atom. The molecule has 0 aliphatic heterocycles. The molecule has 1 aromatic rings. The molecule has 0 spiro atoms. The van der Waals surface area contributed by atoms with Crippen LogP contribution in [0, 0.1) is 0 Å². The maximum atomic E-state index is 11.9. The second-order valence-corrected chi connectivity index (χ2v) is 8.16. The van der Waals surface area contributed by atoms with E-state index in [1.165, 1.54) is 67.3 Å². The zero-order valence-electron chi connectivity index (χ0n) is 15.2. The lowest BCUT2D eigenvalue weighted by atomic mass is 10.1. The molecule has 0 unspecified atom stereocenters. The SMILES string of the molecule is CCCCCCCCCC=CC[n+]1ccn(S(=O)(=O)N(C)C)c1.[Cl-]. The van der Waals surface area contributed by atoms with E-state index < -0.39 is 10.2 Å². The van der Waals surface area contributed by atoms with Gasteiger partial charge >= 0.3 is 10.2 Å². The summed E-state index contributed by atoms with van der Waals surface area (Å²) in [6.45, 7) is 2.94. The van der Waals surface area contributed by atoms with Crippen molar-refractivity contribution in [2.75, 3.05) is 14.1 Å². The minimum absolute atomic E-state index is 0. The molecule has 24 heavy (non-hydrogen) atoms. The number of aromatic nitrogens is 2. The average molecular weight is 378 g/mol. The van der Waals surface area contributed by atoms with Crippen LogP contribution in [0.4, 0.5) is 0 Å². The molecular weight excluding hydrogens is 346 g/mol. The summed E-state index contributed by atoms with van der Waals surface area (Å²) in [5.41, 5.74) is 0. The van der Waals surface area contributed by atoms with Crippen LogP contribution in [0.5, 0.6) is 0 Å². The van der Waals surface area contributed by atoms with Crippen molar-refractivity contribution in [2.45, 2.75) is 64.8 Å². The molecule has 7 heteroatoms. The summed E-state index contributed by atoms with van der Waals surface area (Å²) >= 11 is 0. The Hall–Kier alpha value is -0.850. The summed E-state index contributed by atoms with van der Waals surface area (Å²) in [7, 11) is -0.344. The molecular formula is C17H32ClN3O2S. The lowest BCUT2D eigenvalue weighted by molar-refractivity contribution is -0.686. The van der Waals surface area contributed by atoms with Gasteiger partial charge in [0.1, 0.15) is 18.9 Å². The third kappa shape index (κ3) is 8.31. The number of nitrogens with zero attached hydrogens (tertiary/aromatic N) is 3. The highest BCUT2D eigenvalue weighted by atomic mass is 35.5. The fourth-order valence-corrected chi connectivity index (χ4v) is 3.17. The molecule has 0 aliphatic rings. The monoisotopic (exact) mass is 377 g/mol. The average Bonchev–Trinajstić information content (AvgIpc) is 2.98. The molecule has 0 aliphatic carbocycles. The van der Waals surface area contributed by atoms with Crippen LogP contribution >= 0.6 is 0 Å². The molecule has 1 aromatic heterocycles. The van der Waals surface area contributed by atoms with Crippen molar-refractivity contribution in [3.8, 4) is 0 Å². The van der Waals surface area contributed by atoms with Gasteiger partial charge in [0.15, 0.2) is 0 Å². The summed E-state index contributed by atoms with van der Waals surface area (Å²) in [6, 6.07) is 0. The molecule has 0 aromatic carbocycles. The molecule has 0 bridgehead atoms. The van der Waals surface area contributed by atoms with Gasteiger partial charge in [-0.05, 0) is 18.9 Å². The van der Waals surface area contributed by atoms with Gasteiger partial charge in [-0.1, -0.05) is 51.5 Å². The van der Waals surface area contributed by atoms with Crippen LogP contribution in [-0.2, 0) is 16.8 Å². The van der Waals surface area contributed by atoms with Crippen LogP contribution in [0.25, 0.3) is 0 Å². The highest BCUT2D eigenvalue weighted by Gasteiger charge is 2.22. The van der Waals surface area contributed by atoms with E-state index >= 15 is 0 Å². The molecule has 0 amide bonds. The van der Waals surface area contributed by atoms with Crippen molar-refractivity contribution < 1.29 is 25.4 Å².